The topological polar surface area (TPSA) is 15.3 Å². The van der Waals surface area contributed by atoms with Crippen molar-refractivity contribution in [2.24, 2.45) is 0 Å². The average molecular weight is 344 g/mol. The van der Waals surface area contributed by atoms with Gasteiger partial charge < -0.3 is 5.32 Å². The molecule has 0 spiro atoms. The van der Waals surface area contributed by atoms with Crippen molar-refractivity contribution in [2.75, 3.05) is 26.2 Å². The van der Waals surface area contributed by atoms with Gasteiger partial charge in [-0.25, -0.2) is 0 Å². The van der Waals surface area contributed by atoms with Gasteiger partial charge in [-0.15, -0.1) is 6.58 Å². The Kier molecular flexibility index (Phi) is 5.46. The highest BCUT2D eigenvalue weighted by Crippen LogP contribution is 2.34. The summed E-state index contributed by atoms with van der Waals surface area (Å²) in [7, 11) is 0. The average Bonchev–Trinajstić information content (AvgIpc) is 2.40. The molecule has 1 fully saturated rings. The first-order chi connectivity index (χ1) is 9.08. The summed E-state index contributed by atoms with van der Waals surface area (Å²) in [5.74, 6) is 0. The molecule has 1 N–H and O–H groups in total. The van der Waals surface area contributed by atoms with Crippen molar-refractivity contribution in [3.63, 3.8) is 0 Å². The molecule has 0 amide bonds. The lowest BCUT2D eigenvalue weighted by Gasteiger charge is -2.36. The molecule has 104 valence electrons. The van der Waals surface area contributed by atoms with Crippen LogP contribution < -0.4 is 5.32 Å². The van der Waals surface area contributed by atoms with E-state index in [4.69, 9.17) is 11.6 Å². The lowest BCUT2D eigenvalue weighted by molar-refractivity contribution is 0.172. The summed E-state index contributed by atoms with van der Waals surface area (Å²) < 4.78 is 1.08. The van der Waals surface area contributed by atoms with Gasteiger partial charge in [0.2, 0.25) is 0 Å². The van der Waals surface area contributed by atoms with Crippen LogP contribution in [0, 0.1) is 0 Å². The van der Waals surface area contributed by atoms with Crippen molar-refractivity contribution >= 4 is 27.5 Å². The van der Waals surface area contributed by atoms with E-state index in [0.717, 1.165) is 42.1 Å². The number of nitrogens with one attached hydrogen (secondary N) is 1. The molecule has 4 heteroatoms. The van der Waals surface area contributed by atoms with E-state index in [2.05, 4.69) is 45.7 Å². The third kappa shape index (κ3) is 4.06. The van der Waals surface area contributed by atoms with Crippen LogP contribution >= 0.6 is 27.5 Å². The number of halogens is 2. The van der Waals surface area contributed by atoms with Crippen molar-refractivity contribution in [1.82, 2.24) is 10.2 Å². The van der Waals surface area contributed by atoms with Gasteiger partial charge >= 0.3 is 0 Å². The Bertz CT molecular complexity index is 455. The lowest BCUT2D eigenvalue weighted by Crippen LogP contribution is -2.45. The first kappa shape index (κ1) is 15.0. The fraction of sp³-hybridized carbons (Fsp3) is 0.467. The van der Waals surface area contributed by atoms with Gasteiger partial charge in [-0.1, -0.05) is 33.1 Å². The number of hydrogen-bond acceptors (Lipinski definition) is 2. The number of nitrogens with zero attached hydrogens (tertiary/aromatic N) is 1. The van der Waals surface area contributed by atoms with Crippen LogP contribution in [0.25, 0.3) is 0 Å². The zero-order valence-corrected chi connectivity index (χ0v) is 13.6. The SMILES string of the molecule is C=C(C)C[C@H](c1cc(Br)ccc1Cl)N1CCNCC1. The number of hydrogen-bond donors (Lipinski definition) is 1. The molecule has 0 saturated carbocycles. The molecule has 0 aromatic heterocycles. The van der Waals surface area contributed by atoms with Crippen LogP contribution in [-0.4, -0.2) is 31.1 Å². The molecule has 19 heavy (non-hydrogen) atoms. The first-order valence-electron chi connectivity index (χ1n) is 6.62. The smallest absolute Gasteiger partial charge is 0.0454 e. The third-order valence-corrected chi connectivity index (χ3v) is 4.29. The van der Waals surface area contributed by atoms with Gasteiger partial charge in [0.05, 0.1) is 0 Å². The maximum Gasteiger partial charge on any atom is 0.0454 e. The highest BCUT2D eigenvalue weighted by Gasteiger charge is 2.24. The van der Waals surface area contributed by atoms with Crippen LogP contribution in [0.4, 0.5) is 0 Å². The second-order valence-corrected chi connectivity index (χ2v) is 6.45. The fourth-order valence-corrected chi connectivity index (χ4v) is 3.15. The zero-order valence-electron chi connectivity index (χ0n) is 11.3. The quantitative estimate of drug-likeness (QED) is 0.831. The van der Waals surface area contributed by atoms with Crippen LogP contribution in [0.1, 0.15) is 24.9 Å². The summed E-state index contributed by atoms with van der Waals surface area (Å²) in [4.78, 5) is 2.50. The molecule has 1 atom stereocenters. The molecule has 0 bridgehead atoms. The third-order valence-electron chi connectivity index (χ3n) is 3.45. The van der Waals surface area contributed by atoms with E-state index in [1.807, 2.05) is 12.1 Å². The standard InChI is InChI=1S/C15H20BrClN2/c1-11(2)9-15(19-7-5-18-6-8-19)13-10-12(16)3-4-14(13)17/h3-4,10,15,18H,1,5-9H2,2H3/t15-/m1/s1. The van der Waals surface area contributed by atoms with Crippen molar-refractivity contribution in [3.05, 3.63) is 45.4 Å². The van der Waals surface area contributed by atoms with E-state index in [-0.39, 0.29) is 0 Å². The largest absolute Gasteiger partial charge is 0.314 e. The molecule has 0 unspecified atom stereocenters. The Labute approximate surface area is 129 Å². The molecular formula is C15H20BrClN2. The predicted molar refractivity (Wildman–Crippen MR) is 85.8 cm³/mol. The monoisotopic (exact) mass is 342 g/mol. The Hall–Kier alpha value is -0.350. The van der Waals surface area contributed by atoms with Crippen molar-refractivity contribution < 1.29 is 0 Å². The van der Waals surface area contributed by atoms with Gasteiger partial charge in [0.1, 0.15) is 0 Å². The van der Waals surface area contributed by atoms with E-state index in [1.165, 1.54) is 11.1 Å². The Morgan fingerprint density at radius 1 is 1.47 bits per heavy atom. The van der Waals surface area contributed by atoms with Crippen LogP contribution in [0.2, 0.25) is 5.02 Å². The summed E-state index contributed by atoms with van der Waals surface area (Å²) in [5.41, 5.74) is 2.39. The van der Waals surface area contributed by atoms with Crippen molar-refractivity contribution in [3.8, 4) is 0 Å². The summed E-state index contributed by atoms with van der Waals surface area (Å²) in [5, 5.41) is 4.23. The molecule has 0 radical (unpaired) electrons. The van der Waals surface area contributed by atoms with Crippen LogP contribution in [-0.2, 0) is 0 Å². The van der Waals surface area contributed by atoms with Crippen LogP contribution in [0.15, 0.2) is 34.8 Å². The fourth-order valence-electron chi connectivity index (χ4n) is 2.53. The van der Waals surface area contributed by atoms with Crippen molar-refractivity contribution in [1.29, 1.82) is 0 Å². The maximum atomic E-state index is 6.40. The zero-order chi connectivity index (χ0) is 13.8. The minimum atomic E-state index is 0.324. The first-order valence-corrected chi connectivity index (χ1v) is 7.79. The van der Waals surface area contributed by atoms with E-state index < -0.39 is 0 Å². The van der Waals surface area contributed by atoms with Gasteiger partial charge in [-0.2, -0.15) is 0 Å². The Morgan fingerprint density at radius 3 is 2.79 bits per heavy atom. The highest BCUT2D eigenvalue weighted by atomic mass is 79.9. The molecule has 1 aromatic rings. The number of benzene rings is 1. The van der Waals surface area contributed by atoms with Gasteiger partial charge in [-0.05, 0) is 37.1 Å². The van der Waals surface area contributed by atoms with Crippen LogP contribution in [0.3, 0.4) is 0 Å². The summed E-state index contributed by atoms with van der Waals surface area (Å²) in [6, 6.07) is 6.41. The Morgan fingerprint density at radius 2 is 2.16 bits per heavy atom. The summed E-state index contributed by atoms with van der Waals surface area (Å²) >= 11 is 9.94. The molecular weight excluding hydrogens is 324 g/mol. The molecule has 1 aliphatic rings. The van der Waals surface area contributed by atoms with Gasteiger partial charge in [0.25, 0.3) is 0 Å². The van der Waals surface area contributed by atoms with E-state index in [9.17, 15) is 0 Å². The van der Waals surface area contributed by atoms with Gasteiger partial charge in [0.15, 0.2) is 0 Å². The predicted octanol–water partition coefficient (Wildman–Crippen LogP) is 4.02. The highest BCUT2D eigenvalue weighted by molar-refractivity contribution is 9.10. The van der Waals surface area contributed by atoms with Gasteiger partial charge in [0, 0.05) is 41.7 Å². The molecule has 2 nitrogen and oxygen atoms in total. The maximum absolute atomic E-state index is 6.40. The normalized spacial score (nSPS) is 18.3. The van der Waals surface area contributed by atoms with Crippen molar-refractivity contribution in [2.45, 2.75) is 19.4 Å². The van der Waals surface area contributed by atoms with E-state index >= 15 is 0 Å². The molecule has 1 heterocycles. The second kappa shape index (κ2) is 6.89. The molecule has 1 aromatic carbocycles. The minimum Gasteiger partial charge on any atom is -0.314 e. The Balaban J connectivity index is 2.29. The lowest BCUT2D eigenvalue weighted by atomic mass is 9.98. The van der Waals surface area contributed by atoms with Gasteiger partial charge in [-0.3, -0.25) is 4.90 Å². The summed E-state index contributed by atoms with van der Waals surface area (Å²) in [6.07, 6.45) is 0.955. The summed E-state index contributed by atoms with van der Waals surface area (Å²) in [6.45, 7) is 10.3. The van der Waals surface area contributed by atoms with E-state index in [0.29, 0.717) is 6.04 Å². The molecule has 1 aliphatic heterocycles. The molecule has 2 rings (SSSR count). The number of piperazine rings is 1. The number of rotatable bonds is 4. The molecule has 0 aliphatic carbocycles. The minimum absolute atomic E-state index is 0.324. The van der Waals surface area contributed by atoms with Crippen LogP contribution in [0.5, 0.6) is 0 Å². The second-order valence-electron chi connectivity index (χ2n) is 5.13. The molecule has 1 saturated heterocycles. The van der Waals surface area contributed by atoms with E-state index in [1.54, 1.807) is 0 Å².